The smallest absolute Gasteiger partial charge is 0.150 e. The maximum Gasteiger partial charge on any atom is 0.150 e. The van der Waals surface area contributed by atoms with Gasteiger partial charge in [0.25, 0.3) is 0 Å². The highest BCUT2D eigenvalue weighted by Crippen LogP contribution is 2.26. The van der Waals surface area contributed by atoms with Gasteiger partial charge in [-0.05, 0) is 49.2 Å². The van der Waals surface area contributed by atoms with Crippen molar-refractivity contribution >= 4 is 35.3 Å². The van der Waals surface area contributed by atoms with Crippen molar-refractivity contribution in [3.05, 3.63) is 28.3 Å². The Kier molecular flexibility index (Phi) is 8.81. The SMILES string of the molecule is CCN(CC)CCNc1cc(CCSC)c(C=O)cc1Cl. The molecule has 0 bridgehead atoms. The van der Waals surface area contributed by atoms with Crippen molar-refractivity contribution in [2.45, 2.75) is 20.3 Å². The van der Waals surface area contributed by atoms with Gasteiger partial charge >= 0.3 is 0 Å². The van der Waals surface area contributed by atoms with Crippen molar-refractivity contribution in [1.29, 1.82) is 0 Å². The number of nitrogens with zero attached hydrogens (tertiary/aromatic N) is 1. The van der Waals surface area contributed by atoms with Crippen LogP contribution < -0.4 is 5.32 Å². The van der Waals surface area contributed by atoms with Gasteiger partial charge in [-0.25, -0.2) is 0 Å². The maximum atomic E-state index is 11.1. The molecule has 0 heterocycles. The first-order chi connectivity index (χ1) is 10.2. The molecule has 0 aliphatic carbocycles. The molecule has 0 saturated carbocycles. The molecule has 0 fully saturated rings. The minimum absolute atomic E-state index is 0.615. The van der Waals surface area contributed by atoms with Gasteiger partial charge < -0.3 is 10.2 Å². The molecule has 3 nitrogen and oxygen atoms in total. The van der Waals surface area contributed by atoms with Crippen molar-refractivity contribution in [2.24, 2.45) is 0 Å². The molecule has 0 atom stereocenters. The lowest BCUT2D eigenvalue weighted by atomic mass is 10.1. The molecular formula is C16H25ClN2OS. The number of benzene rings is 1. The summed E-state index contributed by atoms with van der Waals surface area (Å²) < 4.78 is 0. The number of hydrogen-bond acceptors (Lipinski definition) is 4. The van der Waals surface area contributed by atoms with E-state index in [1.165, 1.54) is 0 Å². The lowest BCUT2D eigenvalue weighted by molar-refractivity contribution is 0.112. The Balaban J connectivity index is 2.74. The molecule has 0 saturated heterocycles. The second kappa shape index (κ2) is 10.1. The van der Waals surface area contributed by atoms with Gasteiger partial charge in [-0.15, -0.1) is 0 Å². The second-order valence-electron chi connectivity index (χ2n) is 4.85. The average Bonchev–Trinajstić information content (AvgIpc) is 2.51. The fourth-order valence-corrected chi connectivity index (χ4v) is 2.86. The third-order valence-corrected chi connectivity index (χ3v) is 4.49. The molecule has 0 aliphatic heterocycles. The monoisotopic (exact) mass is 328 g/mol. The van der Waals surface area contributed by atoms with E-state index in [9.17, 15) is 4.79 Å². The van der Waals surface area contributed by atoms with Gasteiger partial charge in [-0.1, -0.05) is 25.4 Å². The number of nitrogens with one attached hydrogen (secondary N) is 1. The Morgan fingerprint density at radius 1 is 1.33 bits per heavy atom. The number of aryl methyl sites for hydroxylation is 1. The minimum atomic E-state index is 0.615. The van der Waals surface area contributed by atoms with Crippen LogP contribution in [0.1, 0.15) is 29.8 Å². The molecule has 0 aromatic heterocycles. The summed E-state index contributed by atoms with van der Waals surface area (Å²) in [7, 11) is 0. The Morgan fingerprint density at radius 3 is 2.62 bits per heavy atom. The average molecular weight is 329 g/mol. The molecule has 1 N–H and O–H groups in total. The van der Waals surface area contributed by atoms with E-state index in [1.807, 2.05) is 6.07 Å². The molecule has 0 unspecified atom stereocenters. The van der Waals surface area contributed by atoms with Gasteiger partial charge in [0, 0.05) is 18.7 Å². The number of halogens is 1. The molecular weight excluding hydrogens is 304 g/mol. The highest BCUT2D eigenvalue weighted by Gasteiger charge is 2.08. The third-order valence-electron chi connectivity index (χ3n) is 3.57. The number of anilines is 1. The van der Waals surface area contributed by atoms with Crippen molar-refractivity contribution in [2.75, 3.05) is 43.5 Å². The van der Waals surface area contributed by atoms with Crippen LogP contribution in [-0.2, 0) is 6.42 Å². The van der Waals surface area contributed by atoms with Crippen LogP contribution >= 0.6 is 23.4 Å². The fraction of sp³-hybridized carbons (Fsp3) is 0.562. The Labute approximate surface area is 137 Å². The Morgan fingerprint density at radius 2 is 2.05 bits per heavy atom. The van der Waals surface area contributed by atoms with Crippen molar-refractivity contribution < 1.29 is 4.79 Å². The van der Waals surface area contributed by atoms with Crippen LogP contribution in [0.3, 0.4) is 0 Å². The number of carbonyl (C=O) groups is 1. The largest absolute Gasteiger partial charge is 0.383 e. The molecule has 1 aromatic rings. The summed E-state index contributed by atoms with van der Waals surface area (Å²) in [4.78, 5) is 13.5. The number of likely N-dealkylation sites (N-methyl/N-ethyl adjacent to an activating group) is 1. The van der Waals surface area contributed by atoms with E-state index in [0.29, 0.717) is 10.6 Å². The van der Waals surface area contributed by atoms with E-state index in [1.54, 1.807) is 17.8 Å². The summed E-state index contributed by atoms with van der Waals surface area (Å²) in [6.07, 6.45) is 3.85. The first kappa shape index (κ1) is 18.3. The van der Waals surface area contributed by atoms with Crippen LogP contribution in [0.5, 0.6) is 0 Å². The van der Waals surface area contributed by atoms with Gasteiger partial charge in [-0.2, -0.15) is 11.8 Å². The Hall–Kier alpha value is -0.710. The van der Waals surface area contributed by atoms with Gasteiger partial charge in [0.15, 0.2) is 0 Å². The fourth-order valence-electron chi connectivity index (χ4n) is 2.20. The Bertz CT molecular complexity index is 450. The van der Waals surface area contributed by atoms with Crippen LogP contribution in [-0.4, -0.2) is 49.4 Å². The number of rotatable bonds is 10. The molecule has 1 aromatic carbocycles. The van der Waals surface area contributed by atoms with Gasteiger partial charge in [0.2, 0.25) is 0 Å². The first-order valence-corrected chi connectivity index (χ1v) is 9.16. The molecule has 0 spiro atoms. The van der Waals surface area contributed by atoms with E-state index in [4.69, 9.17) is 11.6 Å². The lowest BCUT2D eigenvalue weighted by Crippen LogP contribution is -2.28. The van der Waals surface area contributed by atoms with E-state index < -0.39 is 0 Å². The molecule has 5 heteroatoms. The van der Waals surface area contributed by atoms with E-state index in [0.717, 1.165) is 55.9 Å². The zero-order valence-electron chi connectivity index (χ0n) is 13.1. The summed E-state index contributed by atoms with van der Waals surface area (Å²) in [5.41, 5.74) is 2.68. The lowest BCUT2D eigenvalue weighted by Gasteiger charge is -2.19. The third kappa shape index (κ3) is 5.89. The van der Waals surface area contributed by atoms with Crippen LogP contribution in [0, 0.1) is 0 Å². The number of hydrogen-bond donors (Lipinski definition) is 1. The molecule has 0 amide bonds. The normalized spacial score (nSPS) is 10.9. The molecule has 118 valence electrons. The summed E-state index contributed by atoms with van der Waals surface area (Å²) >= 11 is 8.03. The molecule has 0 aliphatic rings. The standard InChI is InChI=1S/C16H25ClN2OS/c1-4-19(5-2)8-7-18-16-11-13(6-9-21-3)14(12-20)10-15(16)17/h10-12,18H,4-9H2,1-3H3. The first-order valence-electron chi connectivity index (χ1n) is 7.38. The summed E-state index contributed by atoms with van der Waals surface area (Å²) in [6.45, 7) is 8.26. The van der Waals surface area contributed by atoms with Crippen molar-refractivity contribution in [3.63, 3.8) is 0 Å². The summed E-state index contributed by atoms with van der Waals surface area (Å²) in [6, 6.07) is 3.79. The predicted octanol–water partition coefficient (Wildman–Crippen LogP) is 3.81. The van der Waals surface area contributed by atoms with Crippen molar-refractivity contribution in [1.82, 2.24) is 4.90 Å². The van der Waals surface area contributed by atoms with E-state index in [-0.39, 0.29) is 0 Å². The van der Waals surface area contributed by atoms with Gasteiger partial charge in [0.1, 0.15) is 6.29 Å². The highest BCUT2D eigenvalue weighted by molar-refractivity contribution is 7.98. The van der Waals surface area contributed by atoms with E-state index >= 15 is 0 Å². The maximum absolute atomic E-state index is 11.1. The minimum Gasteiger partial charge on any atom is -0.383 e. The van der Waals surface area contributed by atoms with Gasteiger partial charge in [-0.3, -0.25) is 4.79 Å². The number of thioether (sulfide) groups is 1. The van der Waals surface area contributed by atoms with Crippen LogP contribution in [0.4, 0.5) is 5.69 Å². The van der Waals surface area contributed by atoms with E-state index in [2.05, 4.69) is 30.3 Å². The molecule has 0 radical (unpaired) electrons. The van der Waals surface area contributed by atoms with Crippen LogP contribution in [0.25, 0.3) is 0 Å². The summed E-state index contributed by atoms with van der Waals surface area (Å²) in [5, 5.41) is 4.00. The summed E-state index contributed by atoms with van der Waals surface area (Å²) in [5.74, 6) is 1.00. The highest BCUT2D eigenvalue weighted by atomic mass is 35.5. The van der Waals surface area contributed by atoms with Crippen molar-refractivity contribution in [3.8, 4) is 0 Å². The second-order valence-corrected chi connectivity index (χ2v) is 6.24. The number of aldehydes is 1. The van der Waals surface area contributed by atoms with Crippen LogP contribution in [0.15, 0.2) is 12.1 Å². The van der Waals surface area contributed by atoms with Gasteiger partial charge in [0.05, 0.1) is 10.7 Å². The molecule has 1 rings (SSSR count). The predicted molar refractivity (Wildman–Crippen MR) is 95.2 cm³/mol. The zero-order valence-corrected chi connectivity index (χ0v) is 14.7. The number of carbonyl (C=O) groups excluding carboxylic acids is 1. The zero-order chi connectivity index (χ0) is 15.7. The molecule has 21 heavy (non-hydrogen) atoms. The topological polar surface area (TPSA) is 32.3 Å². The van der Waals surface area contributed by atoms with Crippen LogP contribution in [0.2, 0.25) is 5.02 Å². The quantitative estimate of drug-likeness (QED) is 0.662.